The monoisotopic (exact) mass is 310 g/mol. The Balaban J connectivity index is 2.12. The molecule has 3 heterocycles. The summed E-state index contributed by atoms with van der Waals surface area (Å²) in [6.07, 6.45) is -4.69. The first-order valence-corrected chi connectivity index (χ1v) is 6.75. The van der Waals surface area contributed by atoms with Gasteiger partial charge in [-0.3, -0.25) is 4.79 Å². The first-order valence-electron chi connectivity index (χ1n) is 6.75. The fourth-order valence-electron chi connectivity index (χ4n) is 2.69. The van der Waals surface area contributed by atoms with Gasteiger partial charge in [0.25, 0.3) is 5.56 Å². The molecule has 0 aliphatic carbocycles. The Morgan fingerprint density at radius 1 is 1.36 bits per heavy atom. The number of aliphatic hydroxyl groups excluding tert-OH is 3. The smallest absolute Gasteiger partial charge is 0.255 e. The van der Waals surface area contributed by atoms with Gasteiger partial charge in [0.05, 0.1) is 6.61 Å². The highest BCUT2D eigenvalue weighted by Crippen LogP contribution is 2.32. The van der Waals surface area contributed by atoms with Crippen LogP contribution in [-0.4, -0.2) is 50.2 Å². The zero-order valence-electron chi connectivity index (χ0n) is 11.7. The summed E-state index contributed by atoms with van der Waals surface area (Å²) in [5.74, 6) is -0.707. The Labute approximate surface area is 124 Å². The van der Waals surface area contributed by atoms with Gasteiger partial charge in [0, 0.05) is 10.9 Å². The van der Waals surface area contributed by atoms with E-state index in [9.17, 15) is 19.4 Å². The maximum atomic E-state index is 13.3. The number of pyridine rings is 2. The van der Waals surface area contributed by atoms with Gasteiger partial charge >= 0.3 is 0 Å². The minimum absolute atomic E-state index is 0.0894. The summed E-state index contributed by atoms with van der Waals surface area (Å²) < 4.78 is 18.6. The van der Waals surface area contributed by atoms with Crippen molar-refractivity contribution in [3.63, 3.8) is 0 Å². The molecule has 8 heteroatoms. The van der Waals surface area contributed by atoms with Gasteiger partial charge in [-0.2, -0.15) is 4.39 Å². The Hall–Kier alpha value is -1.87. The van der Waals surface area contributed by atoms with Gasteiger partial charge in [0.1, 0.15) is 30.1 Å². The molecule has 0 aromatic carbocycles. The van der Waals surface area contributed by atoms with Crippen molar-refractivity contribution in [1.29, 1.82) is 0 Å². The first kappa shape index (κ1) is 15.0. The molecular formula is C14H15FN2O5. The molecule has 0 radical (unpaired) electrons. The maximum Gasteiger partial charge on any atom is 0.255 e. The molecule has 118 valence electrons. The minimum atomic E-state index is -1.34. The molecule has 2 aromatic rings. The molecule has 1 aliphatic heterocycles. The number of ether oxygens (including phenoxy) is 1. The van der Waals surface area contributed by atoms with E-state index in [4.69, 9.17) is 9.84 Å². The zero-order chi connectivity index (χ0) is 16.0. The van der Waals surface area contributed by atoms with E-state index in [1.807, 2.05) is 0 Å². The largest absolute Gasteiger partial charge is 0.394 e. The summed E-state index contributed by atoms with van der Waals surface area (Å²) in [7, 11) is 0. The van der Waals surface area contributed by atoms with Crippen LogP contribution in [0.4, 0.5) is 4.39 Å². The number of aryl methyl sites for hydroxylation is 1. The van der Waals surface area contributed by atoms with Crippen molar-refractivity contribution >= 4 is 11.0 Å². The van der Waals surface area contributed by atoms with E-state index in [2.05, 4.69) is 9.97 Å². The molecule has 22 heavy (non-hydrogen) atoms. The minimum Gasteiger partial charge on any atom is -0.394 e. The molecule has 0 amide bonds. The average molecular weight is 310 g/mol. The van der Waals surface area contributed by atoms with Gasteiger partial charge in [0.15, 0.2) is 0 Å². The molecule has 0 spiro atoms. The van der Waals surface area contributed by atoms with Gasteiger partial charge in [-0.15, -0.1) is 0 Å². The van der Waals surface area contributed by atoms with Crippen molar-refractivity contribution in [2.24, 2.45) is 0 Å². The average Bonchev–Trinajstić information content (AvgIpc) is 2.74. The van der Waals surface area contributed by atoms with Crippen molar-refractivity contribution in [2.75, 3.05) is 6.61 Å². The van der Waals surface area contributed by atoms with E-state index >= 15 is 0 Å². The molecule has 2 aromatic heterocycles. The number of fused-ring (bicyclic) bond motifs is 1. The van der Waals surface area contributed by atoms with E-state index in [-0.39, 0.29) is 11.2 Å². The van der Waals surface area contributed by atoms with E-state index < -0.39 is 42.5 Å². The quantitative estimate of drug-likeness (QED) is 0.557. The van der Waals surface area contributed by atoms with Crippen LogP contribution in [0.15, 0.2) is 16.9 Å². The van der Waals surface area contributed by atoms with Crippen molar-refractivity contribution < 1.29 is 24.4 Å². The van der Waals surface area contributed by atoms with E-state index in [0.29, 0.717) is 10.9 Å². The number of nitrogens with one attached hydrogen (secondary N) is 1. The van der Waals surface area contributed by atoms with Crippen LogP contribution in [0, 0.1) is 12.9 Å². The van der Waals surface area contributed by atoms with Crippen LogP contribution in [0.5, 0.6) is 0 Å². The summed E-state index contributed by atoms with van der Waals surface area (Å²) in [5.41, 5.74) is 0.149. The van der Waals surface area contributed by atoms with Crippen LogP contribution in [-0.2, 0) is 4.74 Å². The van der Waals surface area contributed by atoms with Crippen LogP contribution in [0.2, 0.25) is 0 Å². The van der Waals surface area contributed by atoms with Gasteiger partial charge < -0.3 is 25.0 Å². The van der Waals surface area contributed by atoms with Gasteiger partial charge in [-0.05, 0) is 24.6 Å². The molecule has 4 atom stereocenters. The van der Waals surface area contributed by atoms with Gasteiger partial charge in [-0.25, -0.2) is 4.98 Å². The third-order valence-electron chi connectivity index (χ3n) is 3.88. The van der Waals surface area contributed by atoms with Crippen molar-refractivity contribution in [3.8, 4) is 0 Å². The SMILES string of the molecule is Cc1cc(F)nc2[nH]c(=O)c(C3OC(CO)C(O)C3O)cc12. The Kier molecular flexibility index (Phi) is 3.69. The summed E-state index contributed by atoms with van der Waals surface area (Å²) in [6.45, 7) is 1.18. The molecule has 4 unspecified atom stereocenters. The lowest BCUT2D eigenvalue weighted by Crippen LogP contribution is -2.33. The lowest BCUT2D eigenvalue weighted by Gasteiger charge is -2.15. The lowest BCUT2D eigenvalue weighted by molar-refractivity contribution is -0.0231. The maximum absolute atomic E-state index is 13.3. The third kappa shape index (κ3) is 2.30. The number of hydrogen-bond acceptors (Lipinski definition) is 6. The molecule has 0 saturated carbocycles. The number of hydrogen-bond donors (Lipinski definition) is 4. The highest BCUT2D eigenvalue weighted by molar-refractivity contribution is 5.78. The number of rotatable bonds is 2. The predicted molar refractivity (Wildman–Crippen MR) is 73.8 cm³/mol. The number of aliphatic hydroxyl groups is 3. The summed E-state index contributed by atoms with van der Waals surface area (Å²) in [4.78, 5) is 18.2. The highest BCUT2D eigenvalue weighted by Gasteiger charge is 2.44. The number of halogens is 1. The van der Waals surface area contributed by atoms with Crippen LogP contribution >= 0.6 is 0 Å². The molecule has 1 aliphatic rings. The van der Waals surface area contributed by atoms with Gasteiger partial charge in [-0.1, -0.05) is 0 Å². The van der Waals surface area contributed by atoms with E-state index in [1.165, 1.54) is 12.1 Å². The second kappa shape index (κ2) is 5.40. The second-order valence-corrected chi connectivity index (χ2v) is 5.34. The molecule has 4 N–H and O–H groups in total. The van der Waals surface area contributed by atoms with Crippen molar-refractivity contribution in [2.45, 2.75) is 31.3 Å². The third-order valence-corrected chi connectivity index (χ3v) is 3.88. The van der Waals surface area contributed by atoms with Crippen LogP contribution < -0.4 is 5.56 Å². The van der Waals surface area contributed by atoms with E-state index in [1.54, 1.807) is 6.92 Å². The van der Waals surface area contributed by atoms with Crippen LogP contribution in [0.25, 0.3) is 11.0 Å². The van der Waals surface area contributed by atoms with Crippen LogP contribution in [0.3, 0.4) is 0 Å². The highest BCUT2D eigenvalue weighted by atomic mass is 19.1. The van der Waals surface area contributed by atoms with E-state index in [0.717, 1.165) is 0 Å². The summed E-state index contributed by atoms with van der Waals surface area (Å²) in [6, 6.07) is 2.68. The predicted octanol–water partition coefficient (Wildman–Crippen LogP) is -0.475. The molecule has 0 bridgehead atoms. The number of aromatic amines is 1. The Morgan fingerprint density at radius 3 is 2.73 bits per heavy atom. The number of aromatic nitrogens is 2. The summed E-state index contributed by atoms with van der Waals surface area (Å²) in [5, 5.41) is 29.4. The normalized spacial score (nSPS) is 28.4. The zero-order valence-corrected chi connectivity index (χ0v) is 11.7. The van der Waals surface area contributed by atoms with Gasteiger partial charge in [0.2, 0.25) is 5.95 Å². The first-order chi connectivity index (χ1) is 10.4. The molecule has 7 nitrogen and oxygen atoms in total. The Bertz CT molecular complexity index is 778. The van der Waals surface area contributed by atoms with Crippen LogP contribution in [0.1, 0.15) is 17.2 Å². The number of nitrogens with zero attached hydrogens (tertiary/aromatic N) is 1. The van der Waals surface area contributed by atoms with Crippen molar-refractivity contribution in [3.05, 3.63) is 39.6 Å². The molecular weight excluding hydrogens is 295 g/mol. The summed E-state index contributed by atoms with van der Waals surface area (Å²) >= 11 is 0. The molecule has 1 fully saturated rings. The fourth-order valence-corrected chi connectivity index (χ4v) is 2.69. The standard InChI is InChI=1S/C14H15FN2O5/c1-5-2-9(15)16-13-6(5)3-7(14(21)17-13)12-11(20)10(19)8(4-18)22-12/h2-3,8,10-12,18-20H,4H2,1H3,(H,16,17,21). The molecule has 3 rings (SSSR count). The number of H-pyrrole nitrogens is 1. The second-order valence-electron chi connectivity index (χ2n) is 5.34. The molecule has 1 saturated heterocycles. The topological polar surface area (TPSA) is 116 Å². The fraction of sp³-hybridized carbons (Fsp3) is 0.429. The Morgan fingerprint density at radius 2 is 2.09 bits per heavy atom. The lowest BCUT2D eigenvalue weighted by atomic mass is 10.0. The van der Waals surface area contributed by atoms with Crippen molar-refractivity contribution in [1.82, 2.24) is 9.97 Å².